The Morgan fingerprint density at radius 3 is 2.45 bits per heavy atom. The highest BCUT2D eigenvalue weighted by atomic mass is 35.5. The van der Waals surface area contributed by atoms with E-state index in [2.05, 4.69) is 10.4 Å². The first kappa shape index (κ1) is 16.0. The lowest BCUT2D eigenvalue weighted by molar-refractivity contribution is -0.143. The molecule has 6 nitrogen and oxygen atoms in total. The Labute approximate surface area is 133 Å². The maximum Gasteiger partial charge on any atom is 0.333 e. The molecule has 22 heavy (non-hydrogen) atoms. The molecule has 0 aliphatic rings. The third-order valence-corrected chi connectivity index (χ3v) is 3.66. The smallest absolute Gasteiger partial charge is 0.333 e. The topological polar surface area (TPSA) is 73.2 Å². The summed E-state index contributed by atoms with van der Waals surface area (Å²) in [6.07, 6.45) is 0. The summed E-state index contributed by atoms with van der Waals surface area (Å²) in [5.74, 6) is -1.04. The van der Waals surface area contributed by atoms with E-state index in [9.17, 15) is 9.59 Å². The molecule has 1 N–H and O–H groups in total. The number of carbonyl (C=O) groups is 2. The van der Waals surface area contributed by atoms with E-state index in [0.717, 1.165) is 0 Å². The molecule has 0 bridgehead atoms. The Hall–Kier alpha value is -2.34. The molecule has 0 aliphatic heterocycles. The fraction of sp³-hybridized carbons (Fsp3) is 0.267. The Morgan fingerprint density at radius 1 is 1.32 bits per heavy atom. The van der Waals surface area contributed by atoms with Crippen molar-refractivity contribution < 1.29 is 14.3 Å². The number of aromatic nitrogens is 2. The van der Waals surface area contributed by atoms with Crippen molar-refractivity contribution in [3.8, 4) is 0 Å². The van der Waals surface area contributed by atoms with Gasteiger partial charge in [0.25, 0.3) is 5.91 Å². The van der Waals surface area contributed by atoms with E-state index in [0.29, 0.717) is 11.3 Å². The van der Waals surface area contributed by atoms with Crippen LogP contribution in [0.3, 0.4) is 0 Å². The molecule has 0 fully saturated rings. The van der Waals surface area contributed by atoms with Gasteiger partial charge in [0.15, 0.2) is 6.04 Å². The van der Waals surface area contributed by atoms with Crippen LogP contribution in [0.5, 0.6) is 0 Å². The lowest BCUT2D eigenvalue weighted by Gasteiger charge is -2.16. The summed E-state index contributed by atoms with van der Waals surface area (Å²) in [4.78, 5) is 24.4. The number of amides is 1. The van der Waals surface area contributed by atoms with E-state index >= 15 is 0 Å². The highest BCUT2D eigenvalue weighted by Crippen LogP contribution is 2.21. The van der Waals surface area contributed by atoms with Crippen LogP contribution in [0.25, 0.3) is 0 Å². The van der Waals surface area contributed by atoms with Gasteiger partial charge in [0.1, 0.15) is 5.15 Å². The summed E-state index contributed by atoms with van der Waals surface area (Å²) in [6.45, 7) is 1.68. The van der Waals surface area contributed by atoms with Crippen LogP contribution in [0.4, 0.5) is 0 Å². The van der Waals surface area contributed by atoms with Crippen LogP contribution in [-0.4, -0.2) is 28.8 Å². The zero-order valence-corrected chi connectivity index (χ0v) is 13.2. The largest absolute Gasteiger partial charge is 0.467 e. The number of nitrogens with one attached hydrogen (secondary N) is 1. The van der Waals surface area contributed by atoms with Crippen molar-refractivity contribution in [2.45, 2.75) is 13.0 Å². The van der Waals surface area contributed by atoms with E-state index in [1.807, 2.05) is 6.07 Å². The zero-order valence-electron chi connectivity index (χ0n) is 12.5. The summed E-state index contributed by atoms with van der Waals surface area (Å²) in [7, 11) is 2.91. The molecular weight excluding hydrogens is 306 g/mol. The van der Waals surface area contributed by atoms with E-state index < -0.39 is 17.9 Å². The van der Waals surface area contributed by atoms with Crippen molar-refractivity contribution in [2.75, 3.05) is 7.11 Å². The SMILES string of the molecule is COC(=O)[C@@H](NC(=O)c1c(C)nn(C)c1Cl)c1ccccc1. The molecule has 1 aromatic carbocycles. The van der Waals surface area contributed by atoms with Gasteiger partial charge in [-0.1, -0.05) is 41.9 Å². The fourth-order valence-electron chi connectivity index (χ4n) is 2.13. The van der Waals surface area contributed by atoms with Gasteiger partial charge < -0.3 is 10.1 Å². The number of ether oxygens (including phenoxy) is 1. The van der Waals surface area contributed by atoms with Crippen molar-refractivity contribution in [1.29, 1.82) is 0 Å². The van der Waals surface area contributed by atoms with Crippen molar-refractivity contribution >= 4 is 23.5 Å². The first-order chi connectivity index (χ1) is 10.5. The van der Waals surface area contributed by atoms with Crippen molar-refractivity contribution in [3.63, 3.8) is 0 Å². The molecule has 0 radical (unpaired) electrons. The van der Waals surface area contributed by atoms with Crippen molar-refractivity contribution in [2.24, 2.45) is 7.05 Å². The molecule has 0 spiro atoms. The van der Waals surface area contributed by atoms with Gasteiger partial charge in [-0.05, 0) is 12.5 Å². The number of aryl methyl sites for hydroxylation is 2. The predicted octanol–water partition coefficient (Wildman–Crippen LogP) is 2.03. The first-order valence-corrected chi connectivity index (χ1v) is 6.96. The maximum absolute atomic E-state index is 12.4. The van der Waals surface area contributed by atoms with Crippen LogP contribution in [0.1, 0.15) is 27.7 Å². The van der Waals surface area contributed by atoms with Gasteiger partial charge in [0.2, 0.25) is 0 Å². The molecule has 1 atom stereocenters. The number of nitrogens with zero attached hydrogens (tertiary/aromatic N) is 2. The monoisotopic (exact) mass is 321 g/mol. The van der Waals surface area contributed by atoms with E-state index in [1.54, 1.807) is 38.2 Å². The number of hydrogen-bond acceptors (Lipinski definition) is 4. The standard InChI is InChI=1S/C15H16ClN3O3/c1-9-11(13(16)19(2)18-9)14(20)17-12(15(21)22-3)10-7-5-4-6-8-10/h4-8,12H,1-3H3,(H,17,20)/t12-/m0/s1. The highest BCUT2D eigenvalue weighted by molar-refractivity contribution is 6.33. The number of carbonyl (C=O) groups excluding carboxylic acids is 2. The second-order valence-electron chi connectivity index (χ2n) is 4.72. The molecule has 0 saturated heterocycles. The number of hydrogen-bond donors (Lipinski definition) is 1. The van der Waals surface area contributed by atoms with E-state index in [-0.39, 0.29) is 10.7 Å². The van der Waals surface area contributed by atoms with Gasteiger partial charge in [0, 0.05) is 7.05 Å². The summed E-state index contributed by atoms with van der Waals surface area (Å²) in [6, 6.07) is 7.94. The molecule has 0 unspecified atom stereocenters. The maximum atomic E-state index is 12.4. The first-order valence-electron chi connectivity index (χ1n) is 6.58. The molecule has 0 saturated carbocycles. The average molecular weight is 322 g/mol. The zero-order chi connectivity index (χ0) is 16.3. The quantitative estimate of drug-likeness (QED) is 0.874. The Morgan fingerprint density at radius 2 is 1.95 bits per heavy atom. The molecule has 2 rings (SSSR count). The Balaban J connectivity index is 2.31. The van der Waals surface area contributed by atoms with Gasteiger partial charge in [-0.15, -0.1) is 0 Å². The fourth-order valence-corrected chi connectivity index (χ4v) is 2.39. The van der Waals surface area contributed by atoms with Crippen LogP contribution in [0.15, 0.2) is 30.3 Å². The van der Waals surface area contributed by atoms with E-state index in [1.165, 1.54) is 11.8 Å². The van der Waals surface area contributed by atoms with Crippen molar-refractivity contribution in [3.05, 3.63) is 52.3 Å². The molecule has 1 heterocycles. The van der Waals surface area contributed by atoms with Crippen LogP contribution < -0.4 is 5.32 Å². The summed E-state index contributed by atoms with van der Waals surface area (Å²) in [5.41, 5.74) is 1.36. The molecule has 0 aliphatic carbocycles. The van der Waals surface area contributed by atoms with Gasteiger partial charge in [-0.3, -0.25) is 9.48 Å². The molecular formula is C15H16ClN3O3. The van der Waals surface area contributed by atoms with Crippen LogP contribution >= 0.6 is 11.6 Å². The molecule has 1 aromatic heterocycles. The number of halogens is 1. The van der Waals surface area contributed by atoms with Crippen LogP contribution in [0, 0.1) is 6.92 Å². The van der Waals surface area contributed by atoms with Gasteiger partial charge in [-0.25, -0.2) is 4.79 Å². The second-order valence-corrected chi connectivity index (χ2v) is 5.07. The second kappa shape index (κ2) is 6.62. The molecule has 1 amide bonds. The lowest BCUT2D eigenvalue weighted by atomic mass is 10.1. The number of benzene rings is 1. The minimum atomic E-state index is -0.908. The Bertz CT molecular complexity index is 698. The number of esters is 1. The molecule has 7 heteroatoms. The number of methoxy groups -OCH3 is 1. The van der Waals surface area contributed by atoms with Gasteiger partial charge in [0.05, 0.1) is 18.4 Å². The predicted molar refractivity (Wildman–Crippen MR) is 81.6 cm³/mol. The summed E-state index contributed by atoms with van der Waals surface area (Å²) in [5, 5.41) is 6.94. The normalized spacial score (nSPS) is 11.8. The Kier molecular flexibility index (Phi) is 4.82. The van der Waals surface area contributed by atoms with Gasteiger partial charge in [-0.2, -0.15) is 5.10 Å². The summed E-state index contributed by atoms with van der Waals surface area (Å²) >= 11 is 6.08. The minimum absolute atomic E-state index is 0.215. The molecule has 2 aromatic rings. The third kappa shape index (κ3) is 3.12. The van der Waals surface area contributed by atoms with Gasteiger partial charge >= 0.3 is 5.97 Å². The molecule has 116 valence electrons. The highest BCUT2D eigenvalue weighted by Gasteiger charge is 2.27. The van der Waals surface area contributed by atoms with Crippen LogP contribution in [-0.2, 0) is 16.6 Å². The average Bonchev–Trinajstić information content (AvgIpc) is 2.77. The van der Waals surface area contributed by atoms with E-state index in [4.69, 9.17) is 16.3 Å². The van der Waals surface area contributed by atoms with Crippen molar-refractivity contribution in [1.82, 2.24) is 15.1 Å². The number of rotatable bonds is 4. The summed E-state index contributed by atoms with van der Waals surface area (Å²) < 4.78 is 6.17. The van der Waals surface area contributed by atoms with Crippen LogP contribution in [0.2, 0.25) is 5.15 Å². The third-order valence-electron chi connectivity index (χ3n) is 3.22. The lowest BCUT2D eigenvalue weighted by Crippen LogP contribution is -2.34. The minimum Gasteiger partial charge on any atom is -0.467 e.